The summed E-state index contributed by atoms with van der Waals surface area (Å²) in [4.78, 5) is 24.4. The number of hydrogen-bond donors (Lipinski definition) is 1. The molecule has 0 aliphatic heterocycles. The van der Waals surface area contributed by atoms with Gasteiger partial charge in [0, 0.05) is 23.9 Å². The maximum absolute atomic E-state index is 11.0. The predicted molar refractivity (Wildman–Crippen MR) is 55.9 cm³/mol. The minimum atomic E-state index is -0.362. The number of rotatable bonds is 1. The van der Waals surface area contributed by atoms with Crippen molar-refractivity contribution >= 4 is 16.9 Å². The molecule has 76 valence electrons. The van der Waals surface area contributed by atoms with E-state index in [1.165, 1.54) is 13.0 Å². The quantitative estimate of drug-likeness (QED) is 0.563. The van der Waals surface area contributed by atoms with E-state index in [4.69, 9.17) is 4.74 Å². The van der Waals surface area contributed by atoms with Crippen LogP contribution in [0.4, 0.5) is 0 Å². The van der Waals surface area contributed by atoms with E-state index >= 15 is 0 Å². The standard InChI is InChI=1S/C11H9NO3/c1-7(13)15-9-3-4-10-8(6-9)2-5-11(14)12-10/h2-6H,1H3,(H,12,14). The van der Waals surface area contributed by atoms with Crippen LogP contribution < -0.4 is 10.3 Å². The highest BCUT2D eigenvalue weighted by molar-refractivity contribution is 5.81. The highest BCUT2D eigenvalue weighted by Crippen LogP contribution is 2.18. The summed E-state index contributed by atoms with van der Waals surface area (Å²) in [6.07, 6.45) is 0. The average Bonchev–Trinajstić information content (AvgIpc) is 2.17. The van der Waals surface area contributed by atoms with Crippen LogP contribution in [0.3, 0.4) is 0 Å². The molecule has 4 heteroatoms. The lowest BCUT2D eigenvalue weighted by Gasteiger charge is -2.02. The lowest BCUT2D eigenvalue weighted by atomic mass is 10.2. The van der Waals surface area contributed by atoms with Crippen LogP contribution in [-0.2, 0) is 4.79 Å². The molecule has 1 heterocycles. The predicted octanol–water partition coefficient (Wildman–Crippen LogP) is 1.45. The fourth-order valence-electron chi connectivity index (χ4n) is 1.36. The zero-order valence-corrected chi connectivity index (χ0v) is 8.11. The van der Waals surface area contributed by atoms with Crippen LogP contribution in [0.5, 0.6) is 5.75 Å². The lowest BCUT2D eigenvalue weighted by molar-refractivity contribution is -0.131. The van der Waals surface area contributed by atoms with Gasteiger partial charge in [0.15, 0.2) is 0 Å². The number of pyridine rings is 1. The Morgan fingerprint density at radius 3 is 2.80 bits per heavy atom. The van der Waals surface area contributed by atoms with E-state index in [1.54, 1.807) is 24.3 Å². The summed E-state index contributed by atoms with van der Waals surface area (Å²) < 4.78 is 4.92. The van der Waals surface area contributed by atoms with Crippen molar-refractivity contribution in [3.8, 4) is 5.75 Å². The molecule has 1 aromatic heterocycles. The number of benzene rings is 1. The molecule has 1 N–H and O–H groups in total. The molecule has 4 nitrogen and oxygen atoms in total. The van der Waals surface area contributed by atoms with Gasteiger partial charge >= 0.3 is 5.97 Å². The minimum absolute atomic E-state index is 0.150. The molecule has 0 unspecified atom stereocenters. The van der Waals surface area contributed by atoms with Crippen LogP contribution >= 0.6 is 0 Å². The number of ether oxygens (including phenoxy) is 1. The Bertz CT molecular complexity index is 571. The van der Waals surface area contributed by atoms with Crippen molar-refractivity contribution in [1.29, 1.82) is 0 Å². The molecule has 0 radical (unpaired) electrons. The second kappa shape index (κ2) is 3.57. The number of hydrogen-bond acceptors (Lipinski definition) is 3. The Morgan fingerprint density at radius 1 is 1.27 bits per heavy atom. The van der Waals surface area contributed by atoms with Gasteiger partial charge in [-0.2, -0.15) is 0 Å². The van der Waals surface area contributed by atoms with Crippen LogP contribution in [0, 0.1) is 0 Å². The summed E-state index contributed by atoms with van der Waals surface area (Å²) in [6.45, 7) is 1.34. The third kappa shape index (κ3) is 2.04. The van der Waals surface area contributed by atoms with Gasteiger partial charge in [-0.05, 0) is 24.3 Å². The third-order valence-corrected chi connectivity index (χ3v) is 1.96. The Labute approximate surface area is 85.5 Å². The second-order valence-corrected chi connectivity index (χ2v) is 3.17. The first-order valence-corrected chi connectivity index (χ1v) is 4.47. The van der Waals surface area contributed by atoms with Gasteiger partial charge in [0.2, 0.25) is 5.56 Å². The number of nitrogens with one attached hydrogen (secondary N) is 1. The number of aromatic amines is 1. The largest absolute Gasteiger partial charge is 0.427 e. The van der Waals surface area contributed by atoms with Crippen molar-refractivity contribution in [3.05, 3.63) is 40.7 Å². The Balaban J connectivity index is 2.52. The molecule has 0 saturated heterocycles. The summed E-state index contributed by atoms with van der Waals surface area (Å²) >= 11 is 0. The number of H-pyrrole nitrogens is 1. The Morgan fingerprint density at radius 2 is 2.07 bits per heavy atom. The van der Waals surface area contributed by atoms with Crippen LogP contribution in [0.25, 0.3) is 10.9 Å². The fraction of sp³-hybridized carbons (Fsp3) is 0.0909. The lowest BCUT2D eigenvalue weighted by Crippen LogP contribution is -2.03. The van der Waals surface area contributed by atoms with Crippen molar-refractivity contribution in [2.24, 2.45) is 0 Å². The summed E-state index contributed by atoms with van der Waals surface area (Å²) in [5, 5.41) is 0.827. The van der Waals surface area contributed by atoms with Gasteiger partial charge in [0.05, 0.1) is 0 Å². The number of carbonyl (C=O) groups excluding carboxylic acids is 1. The van der Waals surface area contributed by atoms with Crippen LogP contribution in [-0.4, -0.2) is 11.0 Å². The first kappa shape index (κ1) is 9.45. The Hall–Kier alpha value is -2.10. The van der Waals surface area contributed by atoms with Gasteiger partial charge in [0.1, 0.15) is 5.75 Å². The maximum Gasteiger partial charge on any atom is 0.308 e. The van der Waals surface area contributed by atoms with E-state index < -0.39 is 0 Å². The molecule has 0 bridgehead atoms. The van der Waals surface area contributed by atoms with E-state index in [1.807, 2.05) is 0 Å². The molecule has 0 atom stereocenters. The van der Waals surface area contributed by atoms with E-state index in [9.17, 15) is 9.59 Å². The molecule has 0 saturated carbocycles. The topological polar surface area (TPSA) is 59.2 Å². The first-order valence-electron chi connectivity index (χ1n) is 4.47. The first-order chi connectivity index (χ1) is 7.15. The summed E-state index contributed by atoms with van der Waals surface area (Å²) in [5.74, 6) is 0.112. The van der Waals surface area contributed by atoms with E-state index in [0.717, 1.165) is 10.9 Å². The number of esters is 1. The highest BCUT2D eigenvalue weighted by atomic mass is 16.5. The molecule has 2 aromatic rings. The number of aromatic nitrogens is 1. The third-order valence-electron chi connectivity index (χ3n) is 1.96. The van der Waals surface area contributed by atoms with E-state index in [0.29, 0.717) is 5.75 Å². The summed E-state index contributed by atoms with van der Waals surface area (Å²) in [6, 6.07) is 8.16. The van der Waals surface area contributed by atoms with Gasteiger partial charge in [-0.25, -0.2) is 0 Å². The molecule has 0 aliphatic carbocycles. The normalized spacial score (nSPS) is 10.2. The molecule has 0 fully saturated rings. The highest BCUT2D eigenvalue weighted by Gasteiger charge is 2.00. The maximum atomic E-state index is 11.0. The molecule has 0 amide bonds. The molecular formula is C11H9NO3. The van der Waals surface area contributed by atoms with Crippen LogP contribution in [0.1, 0.15) is 6.92 Å². The van der Waals surface area contributed by atoms with Crippen molar-refractivity contribution < 1.29 is 9.53 Å². The van der Waals surface area contributed by atoms with Gasteiger partial charge in [-0.15, -0.1) is 0 Å². The van der Waals surface area contributed by atoms with E-state index in [2.05, 4.69) is 4.98 Å². The molecule has 0 aliphatic rings. The summed E-state index contributed by atoms with van der Waals surface area (Å²) in [5.41, 5.74) is 0.570. The van der Waals surface area contributed by atoms with Crippen LogP contribution in [0.15, 0.2) is 35.1 Å². The van der Waals surface area contributed by atoms with Gasteiger partial charge < -0.3 is 9.72 Å². The second-order valence-electron chi connectivity index (χ2n) is 3.17. The molecule has 2 rings (SSSR count). The number of carbonyl (C=O) groups is 1. The zero-order valence-electron chi connectivity index (χ0n) is 8.11. The van der Waals surface area contributed by atoms with Crippen molar-refractivity contribution in [2.75, 3.05) is 0 Å². The van der Waals surface area contributed by atoms with Crippen molar-refractivity contribution in [1.82, 2.24) is 4.98 Å². The van der Waals surface area contributed by atoms with Crippen LogP contribution in [0.2, 0.25) is 0 Å². The van der Waals surface area contributed by atoms with Crippen molar-refractivity contribution in [2.45, 2.75) is 6.92 Å². The van der Waals surface area contributed by atoms with E-state index in [-0.39, 0.29) is 11.5 Å². The minimum Gasteiger partial charge on any atom is -0.427 e. The molecule has 15 heavy (non-hydrogen) atoms. The number of fused-ring (bicyclic) bond motifs is 1. The fourth-order valence-corrected chi connectivity index (χ4v) is 1.36. The monoisotopic (exact) mass is 203 g/mol. The molecule has 0 spiro atoms. The molecule has 1 aromatic carbocycles. The smallest absolute Gasteiger partial charge is 0.308 e. The molecular weight excluding hydrogens is 194 g/mol. The Kier molecular flexibility index (Phi) is 2.25. The zero-order chi connectivity index (χ0) is 10.8. The van der Waals surface area contributed by atoms with Gasteiger partial charge in [-0.3, -0.25) is 9.59 Å². The summed E-state index contributed by atoms with van der Waals surface area (Å²) in [7, 11) is 0. The SMILES string of the molecule is CC(=O)Oc1ccc2[nH]c(=O)ccc2c1. The average molecular weight is 203 g/mol. The van der Waals surface area contributed by atoms with Gasteiger partial charge in [-0.1, -0.05) is 0 Å². The van der Waals surface area contributed by atoms with Crippen molar-refractivity contribution in [3.63, 3.8) is 0 Å². The van der Waals surface area contributed by atoms with Gasteiger partial charge in [0.25, 0.3) is 0 Å².